The number of carboxylic acids is 1. The van der Waals surface area contributed by atoms with Gasteiger partial charge in [0.25, 0.3) is 0 Å². The van der Waals surface area contributed by atoms with Crippen molar-refractivity contribution in [2.45, 2.75) is 6.42 Å². The van der Waals surface area contributed by atoms with Crippen molar-refractivity contribution in [1.82, 2.24) is 4.98 Å². The number of carbonyl (C=O) groups excluding carboxylic acids is 1. The van der Waals surface area contributed by atoms with Crippen LogP contribution in [0.15, 0.2) is 30.3 Å². The van der Waals surface area contributed by atoms with E-state index in [4.69, 9.17) is 16.7 Å². The maximum atomic E-state index is 11.8. The van der Waals surface area contributed by atoms with E-state index in [2.05, 4.69) is 4.98 Å². The number of aliphatic carboxylic acids is 1. The van der Waals surface area contributed by atoms with Crippen LogP contribution in [0.3, 0.4) is 0 Å². The third-order valence-electron chi connectivity index (χ3n) is 2.30. The predicted octanol–water partition coefficient (Wildman–Crippen LogP) is 2.55. The van der Waals surface area contributed by atoms with Crippen LogP contribution in [0.1, 0.15) is 16.8 Å². The Hall–Kier alpha value is -1.94. The van der Waals surface area contributed by atoms with Gasteiger partial charge in [-0.1, -0.05) is 29.8 Å². The molecular weight excluding hydrogens is 242 g/mol. The van der Waals surface area contributed by atoms with Gasteiger partial charge in [0.05, 0.1) is 5.52 Å². The van der Waals surface area contributed by atoms with Crippen LogP contribution in [0.2, 0.25) is 5.15 Å². The first-order chi connectivity index (χ1) is 8.08. The molecule has 0 aliphatic heterocycles. The molecule has 0 bridgehead atoms. The second-order valence-corrected chi connectivity index (χ2v) is 3.89. The Morgan fingerprint density at radius 2 is 2.00 bits per heavy atom. The number of carbonyl (C=O) groups is 2. The van der Waals surface area contributed by atoms with Crippen LogP contribution in [0.25, 0.3) is 10.9 Å². The summed E-state index contributed by atoms with van der Waals surface area (Å²) in [6, 6.07) is 8.37. The highest BCUT2D eigenvalue weighted by Gasteiger charge is 2.15. The van der Waals surface area contributed by atoms with Crippen LogP contribution in [-0.2, 0) is 4.79 Å². The van der Waals surface area contributed by atoms with E-state index in [-0.39, 0.29) is 5.15 Å². The summed E-state index contributed by atoms with van der Waals surface area (Å²) >= 11 is 5.79. The normalized spacial score (nSPS) is 10.4. The zero-order valence-electron chi connectivity index (χ0n) is 8.68. The molecule has 0 aliphatic carbocycles. The van der Waals surface area contributed by atoms with Crippen molar-refractivity contribution in [3.63, 3.8) is 0 Å². The largest absolute Gasteiger partial charge is 0.481 e. The number of rotatable bonds is 3. The second-order valence-electron chi connectivity index (χ2n) is 3.50. The van der Waals surface area contributed by atoms with Gasteiger partial charge < -0.3 is 5.11 Å². The van der Waals surface area contributed by atoms with Crippen molar-refractivity contribution >= 4 is 34.3 Å². The van der Waals surface area contributed by atoms with E-state index < -0.39 is 18.2 Å². The Labute approximate surface area is 102 Å². The van der Waals surface area contributed by atoms with E-state index in [1.54, 1.807) is 24.3 Å². The molecule has 0 atom stereocenters. The van der Waals surface area contributed by atoms with Gasteiger partial charge in [-0.25, -0.2) is 4.98 Å². The Balaban J connectivity index is 2.59. The minimum Gasteiger partial charge on any atom is -0.481 e. The summed E-state index contributed by atoms with van der Waals surface area (Å²) in [7, 11) is 0. The number of hydrogen-bond donors (Lipinski definition) is 1. The number of carboxylic acid groups (broad SMARTS) is 1. The standard InChI is InChI=1S/C12H8ClNO3/c13-11-5-8(10(15)6-12(16)17)7-3-1-2-4-9(7)14-11/h1-5H,6H2,(H,16,17). The number of pyridine rings is 1. The number of fused-ring (bicyclic) bond motifs is 1. The monoisotopic (exact) mass is 249 g/mol. The minimum absolute atomic E-state index is 0.178. The maximum absolute atomic E-state index is 11.8. The number of hydrogen-bond acceptors (Lipinski definition) is 3. The molecule has 0 spiro atoms. The maximum Gasteiger partial charge on any atom is 0.311 e. The fourth-order valence-electron chi connectivity index (χ4n) is 1.61. The SMILES string of the molecule is O=C(O)CC(=O)c1cc(Cl)nc2ccccc12. The van der Waals surface area contributed by atoms with Crippen molar-refractivity contribution in [3.05, 3.63) is 41.0 Å². The summed E-state index contributed by atoms with van der Waals surface area (Å²) in [4.78, 5) is 26.4. The number of halogens is 1. The van der Waals surface area contributed by atoms with E-state index >= 15 is 0 Å². The third kappa shape index (κ3) is 2.42. The number of benzene rings is 1. The molecule has 0 amide bonds. The number of aromatic nitrogens is 1. The summed E-state index contributed by atoms with van der Waals surface area (Å²) in [6.07, 6.45) is -0.551. The molecular formula is C12H8ClNO3. The first-order valence-corrected chi connectivity index (χ1v) is 5.26. The zero-order valence-corrected chi connectivity index (χ0v) is 9.44. The Bertz CT molecular complexity index is 610. The summed E-state index contributed by atoms with van der Waals surface area (Å²) in [6.45, 7) is 0. The molecule has 0 aliphatic rings. The van der Waals surface area contributed by atoms with Crippen LogP contribution < -0.4 is 0 Å². The van der Waals surface area contributed by atoms with Gasteiger partial charge in [0.2, 0.25) is 0 Å². The van der Waals surface area contributed by atoms with E-state index in [0.717, 1.165) is 0 Å². The first kappa shape index (κ1) is 11.5. The van der Waals surface area contributed by atoms with E-state index in [1.165, 1.54) is 6.07 Å². The van der Waals surface area contributed by atoms with E-state index in [9.17, 15) is 9.59 Å². The van der Waals surface area contributed by atoms with Crippen molar-refractivity contribution in [1.29, 1.82) is 0 Å². The Morgan fingerprint density at radius 1 is 1.29 bits per heavy atom. The molecule has 1 aromatic heterocycles. The fraction of sp³-hybridized carbons (Fsp3) is 0.0833. The van der Waals surface area contributed by atoms with Crippen molar-refractivity contribution < 1.29 is 14.7 Å². The third-order valence-corrected chi connectivity index (χ3v) is 2.49. The predicted molar refractivity (Wildman–Crippen MR) is 63.3 cm³/mol. The summed E-state index contributed by atoms with van der Waals surface area (Å²) < 4.78 is 0. The quantitative estimate of drug-likeness (QED) is 0.516. The zero-order chi connectivity index (χ0) is 12.4. The van der Waals surface area contributed by atoms with Gasteiger partial charge in [-0.05, 0) is 12.1 Å². The first-order valence-electron chi connectivity index (χ1n) is 4.88. The molecule has 17 heavy (non-hydrogen) atoms. The molecule has 0 saturated carbocycles. The molecule has 0 unspecified atom stereocenters. The lowest BCUT2D eigenvalue weighted by molar-refractivity contribution is -0.135. The second kappa shape index (κ2) is 4.51. The molecule has 0 fully saturated rings. The van der Waals surface area contributed by atoms with Gasteiger partial charge in [-0.15, -0.1) is 0 Å². The molecule has 1 aromatic carbocycles. The number of para-hydroxylation sites is 1. The van der Waals surface area contributed by atoms with Gasteiger partial charge >= 0.3 is 5.97 Å². The van der Waals surface area contributed by atoms with E-state index in [0.29, 0.717) is 16.5 Å². The summed E-state index contributed by atoms with van der Waals surface area (Å²) in [5, 5.41) is 9.41. The molecule has 4 nitrogen and oxygen atoms in total. The van der Waals surface area contributed by atoms with Crippen LogP contribution in [0.5, 0.6) is 0 Å². The molecule has 1 N–H and O–H groups in total. The fourth-order valence-corrected chi connectivity index (χ4v) is 1.81. The number of nitrogens with zero attached hydrogens (tertiary/aromatic N) is 1. The van der Waals surface area contributed by atoms with Crippen molar-refractivity contribution in [2.24, 2.45) is 0 Å². The van der Waals surface area contributed by atoms with E-state index in [1.807, 2.05) is 0 Å². The smallest absolute Gasteiger partial charge is 0.311 e. The van der Waals surface area contributed by atoms with Gasteiger partial charge in [-0.2, -0.15) is 0 Å². The summed E-state index contributed by atoms with van der Waals surface area (Å²) in [5.41, 5.74) is 0.872. The van der Waals surface area contributed by atoms with Crippen LogP contribution in [-0.4, -0.2) is 21.8 Å². The van der Waals surface area contributed by atoms with Gasteiger partial charge in [0.1, 0.15) is 11.6 Å². The van der Waals surface area contributed by atoms with Crippen LogP contribution in [0.4, 0.5) is 0 Å². The van der Waals surface area contributed by atoms with Gasteiger partial charge in [0, 0.05) is 10.9 Å². The molecule has 86 valence electrons. The molecule has 5 heteroatoms. The Kier molecular flexibility index (Phi) is 3.06. The Morgan fingerprint density at radius 3 is 2.71 bits per heavy atom. The number of ketones is 1. The lowest BCUT2D eigenvalue weighted by Gasteiger charge is -2.04. The van der Waals surface area contributed by atoms with Gasteiger partial charge in [-0.3, -0.25) is 9.59 Å². The molecule has 0 radical (unpaired) electrons. The number of Topliss-reactive ketones (excluding diaryl/α,β-unsaturated/α-hetero) is 1. The van der Waals surface area contributed by atoms with Crippen LogP contribution >= 0.6 is 11.6 Å². The molecule has 0 saturated heterocycles. The summed E-state index contributed by atoms with van der Waals surface area (Å²) in [5.74, 6) is -1.63. The van der Waals surface area contributed by atoms with Crippen LogP contribution in [0, 0.1) is 0 Å². The topological polar surface area (TPSA) is 67.3 Å². The average Bonchev–Trinajstić information content (AvgIpc) is 2.26. The molecule has 2 rings (SSSR count). The highest BCUT2D eigenvalue weighted by Crippen LogP contribution is 2.21. The minimum atomic E-state index is -1.16. The van der Waals surface area contributed by atoms with Gasteiger partial charge in [0.15, 0.2) is 5.78 Å². The van der Waals surface area contributed by atoms with Crippen molar-refractivity contribution in [2.75, 3.05) is 0 Å². The highest BCUT2D eigenvalue weighted by molar-refractivity contribution is 6.30. The van der Waals surface area contributed by atoms with Crippen molar-refractivity contribution in [3.8, 4) is 0 Å². The molecule has 1 heterocycles. The lowest BCUT2D eigenvalue weighted by atomic mass is 10.0. The highest BCUT2D eigenvalue weighted by atomic mass is 35.5. The molecule has 2 aromatic rings. The average molecular weight is 250 g/mol. The lowest BCUT2D eigenvalue weighted by Crippen LogP contribution is -2.08.